The van der Waals surface area contributed by atoms with Crippen molar-refractivity contribution < 1.29 is 17.9 Å². The number of carbonyl (C=O) groups excluding carboxylic acids is 1. The second-order valence-corrected chi connectivity index (χ2v) is 7.82. The summed E-state index contributed by atoms with van der Waals surface area (Å²) in [7, 11) is -2.21. The number of rotatable bonds is 8. The Bertz CT molecular complexity index is 826. The minimum absolute atomic E-state index is 0.0247. The first-order chi connectivity index (χ1) is 11.9. The van der Waals surface area contributed by atoms with Gasteiger partial charge in [-0.1, -0.05) is 30.3 Å². The number of hydrogen-bond donors (Lipinski definition) is 2. The smallest absolute Gasteiger partial charge is 0.252 e. The van der Waals surface area contributed by atoms with Crippen LogP contribution in [-0.4, -0.2) is 34.6 Å². The van der Waals surface area contributed by atoms with Crippen molar-refractivity contribution in [1.29, 1.82) is 0 Å². The van der Waals surface area contributed by atoms with Gasteiger partial charge in [0.25, 0.3) is 5.91 Å². The van der Waals surface area contributed by atoms with Gasteiger partial charge in [-0.05, 0) is 39.7 Å². The number of sulfonamides is 1. The Labute approximate surface area is 155 Å². The fourth-order valence-electron chi connectivity index (χ4n) is 2.08. The van der Waals surface area contributed by atoms with Crippen LogP contribution in [0, 0.1) is 0 Å². The van der Waals surface area contributed by atoms with Gasteiger partial charge in [0, 0.05) is 24.7 Å². The highest BCUT2D eigenvalue weighted by Crippen LogP contribution is 2.21. The van der Waals surface area contributed by atoms with Crippen LogP contribution < -0.4 is 10.0 Å². The number of hydrogen-bond acceptors (Lipinski definition) is 4. The van der Waals surface area contributed by atoms with E-state index in [0.717, 1.165) is 5.56 Å². The molecule has 0 aliphatic carbocycles. The zero-order chi connectivity index (χ0) is 18.3. The predicted molar refractivity (Wildman–Crippen MR) is 98.8 cm³/mol. The maximum atomic E-state index is 12.4. The molecule has 0 atom stereocenters. The number of benzene rings is 2. The number of nitrogens with one attached hydrogen (secondary N) is 2. The van der Waals surface area contributed by atoms with Crippen LogP contribution in [0.4, 0.5) is 0 Å². The highest BCUT2D eigenvalue weighted by molar-refractivity contribution is 9.10. The van der Waals surface area contributed by atoms with Gasteiger partial charge in [0.2, 0.25) is 10.0 Å². The van der Waals surface area contributed by atoms with E-state index in [1.54, 1.807) is 6.07 Å². The van der Waals surface area contributed by atoms with Gasteiger partial charge in [-0.15, -0.1) is 0 Å². The third kappa shape index (κ3) is 5.64. The molecule has 6 nitrogen and oxygen atoms in total. The van der Waals surface area contributed by atoms with Crippen LogP contribution in [0.1, 0.15) is 15.9 Å². The molecular formula is C17H19BrN2O4S. The number of methoxy groups -OCH3 is 1. The molecule has 8 heteroatoms. The van der Waals surface area contributed by atoms with Crippen molar-refractivity contribution in [3.8, 4) is 0 Å². The summed E-state index contributed by atoms with van der Waals surface area (Å²) >= 11 is 3.29. The van der Waals surface area contributed by atoms with E-state index >= 15 is 0 Å². The summed E-state index contributed by atoms with van der Waals surface area (Å²) in [4.78, 5) is 12.4. The fourth-order valence-corrected chi connectivity index (χ4v) is 3.55. The second kappa shape index (κ2) is 9.10. The first-order valence-electron chi connectivity index (χ1n) is 7.54. The Kier molecular flexibility index (Phi) is 7.12. The van der Waals surface area contributed by atoms with Crippen LogP contribution in [0.25, 0.3) is 0 Å². The molecule has 0 radical (unpaired) electrons. The van der Waals surface area contributed by atoms with Crippen LogP contribution in [0.2, 0.25) is 0 Å². The Hall–Kier alpha value is -1.74. The van der Waals surface area contributed by atoms with Gasteiger partial charge in [0.1, 0.15) is 0 Å². The van der Waals surface area contributed by atoms with E-state index in [9.17, 15) is 13.2 Å². The Morgan fingerprint density at radius 1 is 1.16 bits per heavy atom. The van der Waals surface area contributed by atoms with Gasteiger partial charge < -0.3 is 10.1 Å². The summed E-state index contributed by atoms with van der Waals surface area (Å²) in [5.74, 6) is -0.357. The van der Waals surface area contributed by atoms with Gasteiger partial charge in [-0.3, -0.25) is 4.79 Å². The predicted octanol–water partition coefficient (Wildman–Crippen LogP) is 2.30. The number of amides is 1. The van der Waals surface area contributed by atoms with Gasteiger partial charge in [-0.2, -0.15) is 0 Å². The van der Waals surface area contributed by atoms with E-state index in [4.69, 9.17) is 4.74 Å². The Morgan fingerprint density at radius 3 is 2.56 bits per heavy atom. The largest absolute Gasteiger partial charge is 0.383 e. The normalized spacial score (nSPS) is 11.3. The average molecular weight is 427 g/mol. The summed E-state index contributed by atoms with van der Waals surface area (Å²) in [5, 5.41) is 2.78. The van der Waals surface area contributed by atoms with Crippen molar-refractivity contribution in [3.63, 3.8) is 0 Å². The molecular weight excluding hydrogens is 408 g/mol. The topological polar surface area (TPSA) is 84.5 Å². The molecule has 2 rings (SSSR count). The van der Waals surface area contributed by atoms with E-state index in [2.05, 4.69) is 26.0 Å². The summed E-state index contributed by atoms with van der Waals surface area (Å²) in [6.45, 7) is 0.778. The molecule has 0 aliphatic rings. The number of halogens is 1. The van der Waals surface area contributed by atoms with Crippen LogP contribution >= 0.6 is 15.9 Å². The molecule has 2 N–H and O–H groups in total. The molecule has 2 aromatic carbocycles. The summed E-state index contributed by atoms with van der Waals surface area (Å²) in [5.41, 5.74) is 1.21. The maximum absolute atomic E-state index is 12.4. The van der Waals surface area contributed by atoms with Crippen molar-refractivity contribution in [3.05, 3.63) is 64.1 Å². The molecule has 0 heterocycles. The lowest BCUT2D eigenvalue weighted by molar-refractivity contribution is 0.0950. The van der Waals surface area contributed by atoms with Crippen LogP contribution in [0.15, 0.2) is 57.9 Å². The minimum atomic E-state index is -3.70. The standard InChI is InChI=1S/C17H19BrN2O4S/c1-24-10-9-20-25(22,23)14-7-8-16(18)15(11-14)17(21)19-12-13-5-3-2-4-6-13/h2-8,11,20H,9-10,12H2,1H3,(H,19,21). The lowest BCUT2D eigenvalue weighted by Crippen LogP contribution is -2.28. The molecule has 0 aromatic heterocycles. The quantitative estimate of drug-likeness (QED) is 0.634. The highest BCUT2D eigenvalue weighted by atomic mass is 79.9. The minimum Gasteiger partial charge on any atom is -0.383 e. The van der Waals surface area contributed by atoms with Gasteiger partial charge in [0.05, 0.1) is 17.1 Å². The molecule has 0 aliphatic heterocycles. The van der Waals surface area contributed by atoms with Crippen molar-refractivity contribution in [1.82, 2.24) is 10.0 Å². The van der Waals surface area contributed by atoms with Crippen molar-refractivity contribution in [2.24, 2.45) is 0 Å². The van der Waals surface area contributed by atoms with Crippen LogP contribution in [0.3, 0.4) is 0 Å². The average Bonchev–Trinajstić information content (AvgIpc) is 2.61. The molecule has 0 fully saturated rings. The zero-order valence-corrected chi connectivity index (χ0v) is 16.1. The second-order valence-electron chi connectivity index (χ2n) is 5.20. The third-order valence-corrected chi connectivity index (χ3v) is 5.54. The monoisotopic (exact) mass is 426 g/mol. The molecule has 25 heavy (non-hydrogen) atoms. The molecule has 0 saturated carbocycles. The highest BCUT2D eigenvalue weighted by Gasteiger charge is 2.18. The van der Waals surface area contributed by atoms with E-state index in [-0.39, 0.29) is 29.5 Å². The number of ether oxygens (including phenoxy) is 1. The van der Waals surface area contributed by atoms with E-state index in [1.807, 2.05) is 30.3 Å². The zero-order valence-electron chi connectivity index (χ0n) is 13.7. The van der Waals surface area contributed by atoms with Crippen LogP contribution in [-0.2, 0) is 21.3 Å². The Balaban J connectivity index is 2.13. The lowest BCUT2D eigenvalue weighted by Gasteiger charge is -2.10. The van der Waals surface area contributed by atoms with Gasteiger partial charge >= 0.3 is 0 Å². The summed E-state index contributed by atoms with van der Waals surface area (Å²) < 4.78 is 32.3. The molecule has 2 aromatic rings. The number of carbonyl (C=O) groups is 1. The first kappa shape index (κ1) is 19.6. The third-order valence-electron chi connectivity index (χ3n) is 3.39. The Morgan fingerprint density at radius 2 is 1.88 bits per heavy atom. The molecule has 0 saturated heterocycles. The van der Waals surface area contributed by atoms with E-state index < -0.39 is 10.0 Å². The van der Waals surface area contributed by atoms with Crippen molar-refractivity contribution in [2.75, 3.05) is 20.3 Å². The van der Waals surface area contributed by atoms with Gasteiger partial charge in [-0.25, -0.2) is 13.1 Å². The van der Waals surface area contributed by atoms with Crippen molar-refractivity contribution >= 4 is 31.9 Å². The first-order valence-corrected chi connectivity index (χ1v) is 9.82. The molecule has 134 valence electrons. The molecule has 1 amide bonds. The molecule has 0 spiro atoms. The van der Waals surface area contributed by atoms with Crippen LogP contribution in [0.5, 0.6) is 0 Å². The molecule has 0 bridgehead atoms. The van der Waals surface area contributed by atoms with E-state index in [1.165, 1.54) is 19.2 Å². The summed E-state index contributed by atoms with van der Waals surface area (Å²) in [6.07, 6.45) is 0. The van der Waals surface area contributed by atoms with E-state index in [0.29, 0.717) is 11.0 Å². The molecule has 0 unspecified atom stereocenters. The van der Waals surface area contributed by atoms with Gasteiger partial charge in [0.15, 0.2) is 0 Å². The lowest BCUT2D eigenvalue weighted by atomic mass is 10.2. The SMILES string of the molecule is COCCNS(=O)(=O)c1ccc(Br)c(C(=O)NCc2ccccc2)c1. The van der Waals surface area contributed by atoms with Crippen molar-refractivity contribution in [2.45, 2.75) is 11.4 Å². The fraction of sp³-hybridized carbons (Fsp3) is 0.235. The summed E-state index contributed by atoms with van der Waals surface area (Å²) in [6, 6.07) is 13.8. The maximum Gasteiger partial charge on any atom is 0.252 e.